The van der Waals surface area contributed by atoms with Crippen LogP contribution in [0.25, 0.3) is 0 Å². The highest BCUT2D eigenvalue weighted by Crippen LogP contribution is 2.22. The Balaban J connectivity index is 3.70. The van der Waals surface area contributed by atoms with Gasteiger partial charge in [-0.05, 0) is 26.3 Å². The van der Waals surface area contributed by atoms with Crippen molar-refractivity contribution in [3.8, 4) is 0 Å². The van der Waals surface area contributed by atoms with Crippen molar-refractivity contribution < 1.29 is 4.74 Å². The van der Waals surface area contributed by atoms with Gasteiger partial charge in [0.25, 0.3) is 0 Å². The maximum absolute atomic E-state index is 5.53. The molecule has 0 amide bonds. The van der Waals surface area contributed by atoms with E-state index in [1.54, 1.807) is 0 Å². The van der Waals surface area contributed by atoms with Crippen molar-refractivity contribution in [3.63, 3.8) is 0 Å². The van der Waals surface area contributed by atoms with Gasteiger partial charge in [0.15, 0.2) is 0 Å². The maximum Gasteiger partial charge on any atom is 0.0619 e. The lowest BCUT2D eigenvalue weighted by Gasteiger charge is -2.28. The molecule has 0 aliphatic heterocycles. The predicted molar refractivity (Wildman–Crippen MR) is 45.1 cm³/mol. The first kappa shape index (κ1) is 9.18. The lowest BCUT2D eigenvalue weighted by Crippen LogP contribution is -2.28. The van der Waals surface area contributed by atoms with Gasteiger partial charge < -0.3 is 4.74 Å². The molecule has 1 atom stereocenters. The van der Waals surface area contributed by atoms with E-state index in [9.17, 15) is 0 Å². The summed E-state index contributed by atoms with van der Waals surface area (Å²) in [6, 6.07) is 0. The summed E-state index contributed by atoms with van der Waals surface area (Å²) < 4.78 is 5.53. The third-order valence-corrected chi connectivity index (χ3v) is 3.30. The molecule has 56 valence electrons. The molecule has 0 radical (unpaired) electrons. The second-order valence-electron chi connectivity index (χ2n) is 3.19. The van der Waals surface area contributed by atoms with E-state index in [1.807, 2.05) is 6.92 Å². The summed E-state index contributed by atoms with van der Waals surface area (Å²) in [4.78, 5) is 0. The highest BCUT2D eigenvalue weighted by molar-refractivity contribution is 6.12. The monoisotopic (exact) mass is 146 g/mol. The Morgan fingerprint density at radius 3 is 2.11 bits per heavy atom. The van der Waals surface area contributed by atoms with Crippen molar-refractivity contribution in [1.29, 1.82) is 0 Å². The van der Waals surface area contributed by atoms with Crippen molar-refractivity contribution in [3.05, 3.63) is 0 Å². The molecular weight excluding hydrogens is 128 g/mol. The second kappa shape index (κ2) is 3.37. The fraction of sp³-hybridized carbons (Fsp3) is 1.00. The maximum atomic E-state index is 5.53. The Kier molecular flexibility index (Phi) is 3.44. The van der Waals surface area contributed by atoms with E-state index in [0.717, 1.165) is 12.1 Å². The van der Waals surface area contributed by atoms with Gasteiger partial charge in [-0.1, -0.05) is 6.92 Å². The third-order valence-electron chi connectivity index (χ3n) is 1.91. The lowest BCUT2D eigenvalue weighted by atomic mass is 10.1. The number of ether oxygens (including phenoxy) is 1. The van der Waals surface area contributed by atoms with E-state index in [1.165, 1.54) is 10.2 Å². The summed E-state index contributed by atoms with van der Waals surface area (Å²) in [5.41, 5.74) is 0.846. The summed E-state index contributed by atoms with van der Waals surface area (Å²) in [6.07, 6.45) is 0. The minimum Gasteiger partial charge on any atom is -0.376 e. The molecule has 0 aromatic carbocycles. The molecular formula is C7H18OSi. The molecule has 2 heteroatoms. The molecule has 0 rings (SSSR count). The lowest BCUT2D eigenvalue weighted by molar-refractivity contribution is -0.0116. The average Bonchev–Trinajstić information content (AvgIpc) is 1.65. The van der Waals surface area contributed by atoms with Crippen molar-refractivity contribution in [1.82, 2.24) is 0 Å². The zero-order valence-corrected chi connectivity index (χ0v) is 9.19. The van der Waals surface area contributed by atoms with Gasteiger partial charge in [-0.2, -0.15) is 0 Å². The van der Waals surface area contributed by atoms with Crippen LogP contribution in [0.15, 0.2) is 0 Å². The fourth-order valence-electron chi connectivity index (χ4n) is 0.539. The first-order chi connectivity index (χ1) is 4.00. The SMILES string of the molecule is CCOC(C)(C)C(C)[SiH3]. The summed E-state index contributed by atoms with van der Waals surface area (Å²) in [7, 11) is 1.22. The molecule has 0 bridgehead atoms. The summed E-state index contributed by atoms with van der Waals surface area (Å²) in [5.74, 6) is 0. The van der Waals surface area contributed by atoms with Crippen molar-refractivity contribution >= 4 is 10.2 Å². The molecule has 0 aromatic rings. The van der Waals surface area contributed by atoms with Gasteiger partial charge in [0, 0.05) is 16.8 Å². The molecule has 0 aromatic heterocycles. The van der Waals surface area contributed by atoms with Crippen molar-refractivity contribution in [2.45, 2.75) is 38.8 Å². The Bertz CT molecular complexity index is 79.0. The summed E-state index contributed by atoms with van der Waals surface area (Å²) >= 11 is 0. The molecule has 1 unspecified atom stereocenters. The summed E-state index contributed by atoms with van der Waals surface area (Å²) in [5, 5.41) is 0. The number of rotatable bonds is 3. The Morgan fingerprint density at radius 1 is 1.56 bits per heavy atom. The molecule has 9 heavy (non-hydrogen) atoms. The van der Waals surface area contributed by atoms with Gasteiger partial charge in [-0.25, -0.2) is 0 Å². The van der Waals surface area contributed by atoms with Crippen LogP contribution in [0.4, 0.5) is 0 Å². The van der Waals surface area contributed by atoms with Gasteiger partial charge in [-0.15, -0.1) is 0 Å². The smallest absolute Gasteiger partial charge is 0.0619 e. The molecule has 0 fully saturated rings. The van der Waals surface area contributed by atoms with Gasteiger partial charge in [-0.3, -0.25) is 0 Å². The van der Waals surface area contributed by atoms with E-state index in [0.29, 0.717) is 0 Å². The Hall–Kier alpha value is 0.177. The van der Waals surface area contributed by atoms with Gasteiger partial charge in [0.1, 0.15) is 0 Å². The van der Waals surface area contributed by atoms with E-state index in [-0.39, 0.29) is 5.60 Å². The van der Waals surface area contributed by atoms with Crippen LogP contribution in [0, 0.1) is 0 Å². The average molecular weight is 146 g/mol. The van der Waals surface area contributed by atoms with Gasteiger partial charge >= 0.3 is 0 Å². The van der Waals surface area contributed by atoms with Crippen LogP contribution >= 0.6 is 0 Å². The van der Waals surface area contributed by atoms with Crippen LogP contribution in [-0.4, -0.2) is 22.5 Å². The largest absolute Gasteiger partial charge is 0.376 e. The van der Waals surface area contributed by atoms with Gasteiger partial charge in [0.2, 0.25) is 0 Å². The molecule has 1 nitrogen and oxygen atoms in total. The molecule has 0 spiro atoms. The molecule has 0 heterocycles. The molecule has 0 N–H and O–H groups in total. The van der Waals surface area contributed by atoms with Gasteiger partial charge in [0.05, 0.1) is 5.60 Å². The Morgan fingerprint density at radius 2 is 2.00 bits per heavy atom. The van der Waals surface area contributed by atoms with Crippen LogP contribution in [0.5, 0.6) is 0 Å². The molecule has 0 aliphatic rings. The van der Waals surface area contributed by atoms with Crippen LogP contribution in [-0.2, 0) is 4.74 Å². The minimum absolute atomic E-state index is 0.112. The number of hydrogen-bond acceptors (Lipinski definition) is 1. The fourth-order valence-corrected chi connectivity index (χ4v) is 0.705. The summed E-state index contributed by atoms with van der Waals surface area (Å²) in [6.45, 7) is 9.44. The van der Waals surface area contributed by atoms with E-state index in [4.69, 9.17) is 4.74 Å². The zero-order valence-electron chi connectivity index (χ0n) is 7.19. The normalized spacial score (nSPS) is 16.0. The second-order valence-corrected chi connectivity index (χ2v) is 4.92. The van der Waals surface area contributed by atoms with Crippen LogP contribution in [0.3, 0.4) is 0 Å². The molecule has 0 saturated carbocycles. The topological polar surface area (TPSA) is 9.23 Å². The van der Waals surface area contributed by atoms with E-state index < -0.39 is 0 Å². The van der Waals surface area contributed by atoms with Crippen molar-refractivity contribution in [2.24, 2.45) is 0 Å². The highest BCUT2D eigenvalue weighted by Gasteiger charge is 2.21. The van der Waals surface area contributed by atoms with Crippen LogP contribution in [0.2, 0.25) is 5.54 Å². The van der Waals surface area contributed by atoms with E-state index in [2.05, 4.69) is 20.8 Å². The van der Waals surface area contributed by atoms with Crippen LogP contribution < -0.4 is 0 Å². The van der Waals surface area contributed by atoms with Crippen molar-refractivity contribution in [2.75, 3.05) is 6.61 Å². The first-order valence-corrected chi connectivity index (χ1v) is 4.80. The third kappa shape index (κ3) is 3.01. The standard InChI is InChI=1S/C7H18OSi/c1-5-8-7(3,4)6(2)9/h6H,5H2,1-4,9H3. The molecule has 0 aliphatic carbocycles. The minimum atomic E-state index is 0.112. The Labute approximate surface area is 61.2 Å². The predicted octanol–water partition coefficient (Wildman–Crippen LogP) is 0.975. The van der Waals surface area contributed by atoms with Crippen LogP contribution in [0.1, 0.15) is 27.7 Å². The highest BCUT2D eigenvalue weighted by atomic mass is 28.1. The van der Waals surface area contributed by atoms with E-state index >= 15 is 0 Å². The quantitative estimate of drug-likeness (QED) is 0.539. The number of hydrogen-bond donors (Lipinski definition) is 0. The first-order valence-electron chi connectivity index (χ1n) is 3.64. The zero-order chi connectivity index (χ0) is 7.49. The molecule has 0 saturated heterocycles.